The largest absolute Gasteiger partial charge is 0.497 e. The van der Waals surface area contributed by atoms with Crippen molar-refractivity contribution in [1.82, 2.24) is 43.9 Å². The molecule has 2 aromatic heterocycles. The highest BCUT2D eigenvalue weighted by Gasteiger charge is 2.44. The number of piperidine rings is 1. The first-order valence-electron chi connectivity index (χ1n) is 31.6. The van der Waals surface area contributed by atoms with Crippen molar-refractivity contribution in [1.29, 1.82) is 0 Å². The zero-order valence-electron chi connectivity index (χ0n) is 52.0. The van der Waals surface area contributed by atoms with Gasteiger partial charge in [-0.1, -0.05) is 176 Å². The summed E-state index contributed by atoms with van der Waals surface area (Å²) in [6.45, 7) is 3.42. The number of benzene rings is 7. The Morgan fingerprint density at radius 3 is 1.30 bits per heavy atom. The highest BCUT2D eigenvalue weighted by molar-refractivity contribution is 7.89. The van der Waals surface area contributed by atoms with Crippen molar-refractivity contribution >= 4 is 65.5 Å². The number of para-hydroxylation sites is 2. The molecule has 0 radical (unpaired) electrons. The molecular formula is C73H77N9O9S2. The van der Waals surface area contributed by atoms with Gasteiger partial charge in [-0.2, -0.15) is 8.61 Å². The summed E-state index contributed by atoms with van der Waals surface area (Å²) in [5.74, 6) is -0.761. The summed E-state index contributed by atoms with van der Waals surface area (Å²) in [7, 11) is -6.75. The lowest BCUT2D eigenvalue weighted by Crippen LogP contribution is -2.61. The number of pyridine rings is 2. The quantitative estimate of drug-likeness (QED) is 0.0733. The van der Waals surface area contributed by atoms with Gasteiger partial charge in [0.1, 0.15) is 27.6 Å². The lowest BCUT2D eigenvalue weighted by atomic mass is 9.91. The minimum atomic E-state index is -4.18. The van der Waals surface area contributed by atoms with E-state index >= 15 is 0 Å². The number of sulfonamides is 2. The number of hydrogen-bond donors (Lipinski definition) is 2. The lowest BCUT2D eigenvalue weighted by molar-refractivity contribution is -0.137. The van der Waals surface area contributed by atoms with Crippen LogP contribution in [0.4, 0.5) is 0 Å². The van der Waals surface area contributed by atoms with E-state index in [1.165, 1.54) is 27.2 Å². The second-order valence-electron chi connectivity index (χ2n) is 23.5. The summed E-state index contributed by atoms with van der Waals surface area (Å²) in [5, 5.41) is 7.50. The zero-order chi connectivity index (χ0) is 64.7. The number of methoxy groups -OCH3 is 1. The Morgan fingerprint density at radius 1 is 0.473 bits per heavy atom. The predicted octanol–water partition coefficient (Wildman–Crippen LogP) is 8.90. The highest BCUT2D eigenvalue weighted by Crippen LogP contribution is 2.32. The van der Waals surface area contributed by atoms with Gasteiger partial charge in [0.2, 0.25) is 43.7 Å². The van der Waals surface area contributed by atoms with Gasteiger partial charge in [-0.3, -0.25) is 29.1 Å². The Labute approximate surface area is 544 Å². The molecule has 0 spiro atoms. The first-order valence-corrected chi connectivity index (χ1v) is 34.5. The van der Waals surface area contributed by atoms with Crippen molar-refractivity contribution in [2.75, 3.05) is 79.1 Å². The Morgan fingerprint density at radius 2 is 0.882 bits per heavy atom. The minimum absolute atomic E-state index is 0.0105. The number of nitrogens with one attached hydrogen (secondary N) is 2. The third kappa shape index (κ3) is 15.7. The Kier molecular flexibility index (Phi) is 21.4. The maximum Gasteiger partial charge on any atom is 0.246 e. The van der Waals surface area contributed by atoms with Crippen LogP contribution in [0.15, 0.2) is 228 Å². The van der Waals surface area contributed by atoms with Crippen molar-refractivity contribution in [2.24, 2.45) is 0 Å². The van der Waals surface area contributed by atoms with Gasteiger partial charge in [0.15, 0.2) is 0 Å². The fourth-order valence-electron chi connectivity index (χ4n) is 12.7. The number of rotatable bonds is 20. The van der Waals surface area contributed by atoms with E-state index in [4.69, 9.17) is 4.74 Å². The number of aromatic nitrogens is 2. The summed E-state index contributed by atoms with van der Waals surface area (Å²) in [4.78, 5) is 69.6. The predicted molar refractivity (Wildman–Crippen MR) is 359 cm³/mol. The number of piperazine rings is 2. The summed E-state index contributed by atoms with van der Waals surface area (Å²) in [5.41, 5.74) is 5.60. The first kappa shape index (κ1) is 65.3. The number of carbonyl (C=O) groups excluding carboxylic acids is 4. The van der Waals surface area contributed by atoms with Crippen LogP contribution in [0.1, 0.15) is 65.3 Å². The number of carbonyl (C=O) groups is 4. The van der Waals surface area contributed by atoms with Crippen LogP contribution in [-0.2, 0) is 45.6 Å². The molecule has 18 nitrogen and oxygen atoms in total. The van der Waals surface area contributed by atoms with E-state index in [0.29, 0.717) is 40.5 Å². The molecule has 93 heavy (non-hydrogen) atoms. The molecule has 3 fully saturated rings. The van der Waals surface area contributed by atoms with Crippen LogP contribution < -0.4 is 15.4 Å². The zero-order valence-corrected chi connectivity index (χ0v) is 53.7. The minimum Gasteiger partial charge on any atom is -0.497 e. The average Bonchev–Trinajstić information content (AvgIpc) is 0.781. The molecule has 0 saturated carbocycles. The van der Waals surface area contributed by atoms with E-state index in [1.807, 2.05) is 146 Å². The SMILES string of the molecule is COc1ccc(CC(=O)N2CCN(S(=O)(=O)c3cccc4cccnc34)C(C(=O)NCC(c3ccccc3)c3ccccc3)C2)cc1.O=C(NCC(c1ccccc1)c1ccccc1)C1CN(C(=O)CCN2CCCCC2)CCN1S(=O)(=O)c1cccc2cccnc12. The molecule has 7 aromatic carbocycles. The van der Waals surface area contributed by atoms with Gasteiger partial charge in [-0.15, -0.1) is 0 Å². The topological polar surface area (TPSA) is 212 Å². The fourth-order valence-corrected chi connectivity index (χ4v) is 16.1. The molecule has 3 aliphatic heterocycles. The second kappa shape index (κ2) is 30.5. The Balaban J connectivity index is 0.000000190. The summed E-state index contributed by atoms with van der Waals surface area (Å²) in [6.07, 6.45) is 7.08. The summed E-state index contributed by atoms with van der Waals surface area (Å²) in [6, 6.07) is 61.7. The fraction of sp³-hybridized carbons (Fsp3) is 0.288. The standard InChI is InChI=1S/C37H36N4O5S.C36H41N5O4S/c1-46-31-19-17-27(18-20-31)24-35(42)40-22-23-41(47(44,45)34-16-8-14-30-15-9-21-38-36(30)34)33(26-40)37(43)39-25-32(28-10-4-2-5-11-28)29-12-6-3-7-13-29;42-34(19-23-39-21-8-3-9-22-39)40-24-25-41(46(44,45)33-18-10-16-30-17-11-20-37-35(30)33)32(27-40)36(43)38-26-31(28-12-4-1-5-13-28)29-14-6-2-7-15-29/h2-21,32-33H,22-26H2,1H3,(H,39,43);1-2,4-7,10-18,20,31-32H,3,8-9,19,21-27H2,(H,38,43). The van der Waals surface area contributed by atoms with Gasteiger partial charge in [-0.25, -0.2) is 16.8 Å². The van der Waals surface area contributed by atoms with Crippen molar-refractivity contribution in [3.63, 3.8) is 0 Å². The van der Waals surface area contributed by atoms with E-state index in [0.717, 1.165) is 53.7 Å². The Bertz CT molecular complexity index is 4160. The van der Waals surface area contributed by atoms with E-state index in [1.54, 1.807) is 77.8 Å². The van der Waals surface area contributed by atoms with Crippen LogP contribution in [0.3, 0.4) is 0 Å². The van der Waals surface area contributed by atoms with Crippen molar-refractivity contribution in [2.45, 2.75) is 65.8 Å². The molecule has 480 valence electrons. The first-order chi connectivity index (χ1) is 45.3. The molecular weight excluding hydrogens is 1210 g/mol. The number of likely N-dealkylation sites (tertiary alicyclic amines) is 1. The van der Waals surface area contributed by atoms with Gasteiger partial charge < -0.3 is 30.1 Å². The average molecular weight is 1290 g/mol. The summed E-state index contributed by atoms with van der Waals surface area (Å²) < 4.78 is 65.0. The number of fused-ring (bicyclic) bond motifs is 2. The van der Waals surface area contributed by atoms with Crippen molar-refractivity contribution in [3.8, 4) is 5.75 Å². The molecule has 2 N–H and O–H groups in total. The van der Waals surface area contributed by atoms with Crippen LogP contribution in [-0.4, -0.2) is 165 Å². The third-order valence-corrected chi connectivity index (χ3v) is 21.6. The van der Waals surface area contributed by atoms with Gasteiger partial charge in [0.25, 0.3) is 0 Å². The maximum atomic E-state index is 14.3. The van der Waals surface area contributed by atoms with Crippen LogP contribution in [0.5, 0.6) is 5.75 Å². The number of ether oxygens (including phenoxy) is 1. The molecule has 5 heterocycles. The smallest absolute Gasteiger partial charge is 0.246 e. The van der Waals surface area contributed by atoms with Gasteiger partial charge >= 0.3 is 0 Å². The monoisotopic (exact) mass is 1290 g/mol. The molecule has 0 aliphatic carbocycles. The molecule has 2 atom stereocenters. The third-order valence-electron chi connectivity index (χ3n) is 17.7. The Hall–Kier alpha value is -9.18. The van der Waals surface area contributed by atoms with Gasteiger partial charge in [0, 0.05) is 100 Å². The van der Waals surface area contributed by atoms with Gasteiger partial charge in [-0.05, 0) is 90.1 Å². The van der Waals surface area contributed by atoms with Crippen molar-refractivity contribution in [3.05, 3.63) is 246 Å². The molecule has 0 bridgehead atoms. The molecule has 3 aliphatic rings. The normalized spacial score (nSPS) is 16.8. The van der Waals surface area contributed by atoms with E-state index in [-0.39, 0.29) is 92.2 Å². The van der Waals surface area contributed by atoms with Gasteiger partial charge in [0.05, 0.1) is 24.6 Å². The molecule has 3 saturated heterocycles. The second-order valence-corrected chi connectivity index (χ2v) is 27.2. The van der Waals surface area contributed by atoms with E-state index in [2.05, 4.69) is 25.5 Å². The van der Waals surface area contributed by atoms with E-state index in [9.17, 15) is 36.0 Å². The molecule has 9 aromatic rings. The van der Waals surface area contributed by atoms with Crippen LogP contribution in [0.25, 0.3) is 21.8 Å². The maximum absolute atomic E-state index is 14.3. The lowest BCUT2D eigenvalue weighted by Gasteiger charge is -2.40. The van der Waals surface area contributed by atoms with Crippen molar-refractivity contribution < 1.29 is 40.8 Å². The molecule has 2 unspecified atom stereocenters. The molecule has 20 heteroatoms. The number of nitrogens with zero attached hydrogens (tertiary/aromatic N) is 7. The van der Waals surface area contributed by atoms with Crippen LogP contribution >= 0.6 is 0 Å². The highest BCUT2D eigenvalue weighted by atomic mass is 32.2. The number of amides is 4. The summed E-state index contributed by atoms with van der Waals surface area (Å²) >= 11 is 0. The number of hydrogen-bond acceptors (Lipinski definition) is 12. The molecule has 12 rings (SSSR count). The van der Waals surface area contributed by atoms with Crippen LogP contribution in [0, 0.1) is 0 Å². The molecule has 4 amide bonds. The van der Waals surface area contributed by atoms with E-state index < -0.39 is 43.9 Å². The van der Waals surface area contributed by atoms with Crippen LogP contribution in [0.2, 0.25) is 0 Å².